The first-order valence-corrected chi connectivity index (χ1v) is 18.0. The van der Waals surface area contributed by atoms with Crippen LogP contribution < -0.4 is 37.9 Å². The first-order valence-electron chi connectivity index (χ1n) is 18.0. The molecule has 17 rings (SSSR count). The van der Waals surface area contributed by atoms with Gasteiger partial charge in [0.25, 0.3) is 0 Å². The summed E-state index contributed by atoms with van der Waals surface area (Å²) < 4.78 is 59.5. The number of epoxide rings is 2. The topological polar surface area (TPSA) is 133 Å². The van der Waals surface area contributed by atoms with Gasteiger partial charge in [0.1, 0.15) is 46.0 Å². The number of methoxy groups -OCH3 is 8. The molecule has 0 amide bonds. The molecule has 0 radical (unpaired) electrons. The lowest BCUT2D eigenvalue weighted by molar-refractivity contribution is -0.129. The van der Waals surface area contributed by atoms with E-state index in [4.69, 9.17) is 47.4 Å². The average Bonchev–Trinajstić information content (AvgIpc) is 4.13. The molecule has 2 aliphatic heterocycles. The molecule has 13 aliphatic rings. The van der Waals surface area contributed by atoms with Crippen molar-refractivity contribution < 1.29 is 57.0 Å². The number of rotatable bonds is 8. The van der Waals surface area contributed by atoms with Crippen LogP contribution in [0.2, 0.25) is 0 Å². The van der Waals surface area contributed by atoms with Gasteiger partial charge in [0.2, 0.25) is 0 Å². The van der Waals surface area contributed by atoms with Crippen LogP contribution in [0, 0.1) is 0 Å². The summed E-state index contributed by atoms with van der Waals surface area (Å²) in [6, 6.07) is 15.3. The third kappa shape index (κ3) is 5.81. The predicted octanol–water partition coefficient (Wildman–Crippen LogP) is 5.05. The summed E-state index contributed by atoms with van der Waals surface area (Å²) in [5.74, 6) is 4.33. The molecule has 2 spiro atoms. The minimum atomic E-state index is -1.36. The molecule has 4 aromatic carbocycles. The van der Waals surface area contributed by atoms with Crippen molar-refractivity contribution in [1.82, 2.24) is 0 Å². The van der Waals surface area contributed by atoms with Crippen molar-refractivity contribution in [2.24, 2.45) is 0 Å². The summed E-state index contributed by atoms with van der Waals surface area (Å²) in [6.45, 7) is 0. The first kappa shape index (κ1) is 36.5. The normalized spacial score (nSPS) is 23.3. The smallest absolute Gasteiger partial charge is 0.200 e. The lowest BCUT2D eigenvalue weighted by Gasteiger charge is -2.22. The Bertz CT molecular complexity index is 2070. The second kappa shape index (κ2) is 13.7. The van der Waals surface area contributed by atoms with Crippen molar-refractivity contribution in [2.45, 2.75) is 55.5 Å². The van der Waals surface area contributed by atoms with Gasteiger partial charge < -0.3 is 47.4 Å². The molecule has 288 valence electrons. The zero-order valence-electron chi connectivity index (χ0n) is 32.2. The number of ether oxygens (including phenoxy) is 10. The van der Waals surface area contributed by atoms with Crippen LogP contribution in [0.4, 0.5) is 0 Å². The summed E-state index contributed by atoms with van der Waals surface area (Å²) in [5, 5.41) is 0. The number of carbonyl (C=O) groups excluding carboxylic acids is 2. The quantitative estimate of drug-likeness (QED) is 0.223. The molecule has 1 saturated carbocycles. The highest BCUT2D eigenvalue weighted by atomic mass is 16.7. The van der Waals surface area contributed by atoms with Crippen LogP contribution in [-0.2, 0) is 51.2 Å². The Balaban J connectivity index is 1.30. The molecule has 4 aromatic rings. The van der Waals surface area contributed by atoms with Gasteiger partial charge >= 0.3 is 0 Å². The maximum atomic E-state index is 14.2. The van der Waals surface area contributed by atoms with E-state index in [9.17, 15) is 9.59 Å². The third-order valence-electron chi connectivity index (χ3n) is 11.5. The van der Waals surface area contributed by atoms with E-state index < -0.39 is 23.4 Å². The number of hydrogen-bond acceptors (Lipinski definition) is 12. The monoisotopic (exact) mass is 752 g/mol. The number of carbonyl (C=O) groups is 2. The van der Waals surface area contributed by atoms with E-state index in [0.717, 1.165) is 33.4 Å². The molecule has 12 nitrogen and oxygen atoms in total. The van der Waals surface area contributed by atoms with Gasteiger partial charge in [-0.15, -0.1) is 0 Å². The molecule has 11 aliphatic carbocycles. The van der Waals surface area contributed by atoms with E-state index in [-0.39, 0.29) is 24.4 Å². The summed E-state index contributed by atoms with van der Waals surface area (Å²) in [4.78, 5) is 28.3. The summed E-state index contributed by atoms with van der Waals surface area (Å²) >= 11 is 0. The molecule has 10 bridgehead atoms. The van der Waals surface area contributed by atoms with Crippen molar-refractivity contribution in [3.8, 4) is 46.0 Å². The van der Waals surface area contributed by atoms with Gasteiger partial charge in [0, 0.05) is 76.6 Å². The van der Waals surface area contributed by atoms with E-state index in [0.29, 0.717) is 76.4 Å². The SMILES string of the molecule is COc1cc2c(OC)cc1Cc1cc(OC)c(cc1OC)Cc1cc(OC)c(cc1OC)C[C@]13O[C@H]1C(=O)[C@@]1(Cc4cc(OC)c(cc4OC)C2)O[C@H]1C3=O. The van der Waals surface area contributed by atoms with Crippen LogP contribution in [0.5, 0.6) is 46.0 Å². The zero-order valence-corrected chi connectivity index (χ0v) is 32.2. The zero-order chi connectivity index (χ0) is 38.8. The van der Waals surface area contributed by atoms with E-state index in [1.54, 1.807) is 56.9 Å². The molecule has 2 saturated heterocycles. The van der Waals surface area contributed by atoms with Gasteiger partial charge in [0.15, 0.2) is 35.0 Å². The number of hydrogen-bond donors (Lipinski definition) is 0. The van der Waals surface area contributed by atoms with Crippen molar-refractivity contribution in [3.05, 3.63) is 93.0 Å². The van der Waals surface area contributed by atoms with Gasteiger partial charge in [-0.2, -0.15) is 0 Å². The fraction of sp³-hybridized carbons (Fsp3) is 0.395. The van der Waals surface area contributed by atoms with E-state index in [1.165, 1.54) is 0 Å². The largest absolute Gasteiger partial charge is 0.496 e. The van der Waals surface area contributed by atoms with Crippen molar-refractivity contribution in [2.75, 3.05) is 56.9 Å². The molecule has 0 N–H and O–H groups in total. The minimum Gasteiger partial charge on any atom is -0.496 e. The Morgan fingerprint density at radius 2 is 0.582 bits per heavy atom. The van der Waals surface area contributed by atoms with Gasteiger partial charge in [-0.05, 0) is 48.5 Å². The van der Waals surface area contributed by atoms with E-state index in [1.807, 2.05) is 48.5 Å². The third-order valence-corrected chi connectivity index (χ3v) is 11.5. The fourth-order valence-electron chi connectivity index (χ4n) is 8.53. The van der Waals surface area contributed by atoms with Gasteiger partial charge in [0.05, 0.1) is 56.9 Å². The first-order chi connectivity index (χ1) is 26.6. The Morgan fingerprint density at radius 1 is 0.382 bits per heavy atom. The maximum Gasteiger partial charge on any atom is 0.200 e. The van der Waals surface area contributed by atoms with Crippen LogP contribution in [0.3, 0.4) is 0 Å². The van der Waals surface area contributed by atoms with E-state index >= 15 is 0 Å². The Morgan fingerprint density at radius 3 is 0.800 bits per heavy atom. The van der Waals surface area contributed by atoms with Crippen LogP contribution in [0.1, 0.15) is 44.5 Å². The molecular weight excluding hydrogens is 708 g/mol. The highest BCUT2D eigenvalue weighted by Gasteiger charge is 2.84. The van der Waals surface area contributed by atoms with Crippen molar-refractivity contribution >= 4 is 11.6 Å². The minimum absolute atomic E-state index is 0.113. The molecule has 0 aromatic heterocycles. The average molecular weight is 753 g/mol. The standard InChI is InChI=1S/C43H44O12/c1-46-30-14-24-10-26-16-36(52-7)28(18-34(26)50-5)20-42-38(44)41-43(55-41,39(45)40(42)54-42)21-29-19-35(51-6)27(17-37(29)53-8)11-25-15-31(47-2)23(13-33(25)49-4)9-22(30)12-32(24)48-3/h12-19,40-41H,9-11,20-21H2,1-8H3/t40-,41-,42+,43+/m0/s1. The highest BCUT2D eigenvalue weighted by molar-refractivity contribution is 6.16. The van der Waals surface area contributed by atoms with Gasteiger partial charge in [-0.3, -0.25) is 9.59 Å². The maximum absolute atomic E-state index is 14.2. The molecule has 3 fully saturated rings. The predicted molar refractivity (Wildman–Crippen MR) is 199 cm³/mol. The second-order valence-corrected chi connectivity index (χ2v) is 14.3. The van der Waals surface area contributed by atoms with Crippen molar-refractivity contribution in [1.29, 1.82) is 0 Å². The molecule has 2 heterocycles. The van der Waals surface area contributed by atoms with Gasteiger partial charge in [-0.25, -0.2) is 0 Å². The second-order valence-electron chi connectivity index (χ2n) is 14.3. The lowest BCUT2D eigenvalue weighted by Crippen LogP contribution is -2.49. The molecular formula is C43H44O12. The lowest BCUT2D eigenvalue weighted by atomic mass is 9.75. The number of Topliss-reactive ketones (excluding diaryl/α,β-unsaturated/α-hetero) is 2. The molecule has 12 heteroatoms. The van der Waals surface area contributed by atoms with Crippen LogP contribution in [0.25, 0.3) is 0 Å². The fourth-order valence-corrected chi connectivity index (χ4v) is 8.53. The Labute approximate surface area is 319 Å². The van der Waals surface area contributed by atoms with Gasteiger partial charge in [-0.1, -0.05) is 0 Å². The summed E-state index contributed by atoms with van der Waals surface area (Å²) in [6.07, 6.45) is -0.404. The number of ketones is 2. The molecule has 4 atom stereocenters. The summed E-state index contributed by atoms with van der Waals surface area (Å²) in [7, 11) is 12.9. The molecule has 55 heavy (non-hydrogen) atoms. The van der Waals surface area contributed by atoms with Crippen molar-refractivity contribution in [3.63, 3.8) is 0 Å². The highest BCUT2D eigenvalue weighted by Crippen LogP contribution is 2.59. The van der Waals surface area contributed by atoms with Crippen LogP contribution in [-0.4, -0.2) is 91.9 Å². The van der Waals surface area contributed by atoms with Crippen LogP contribution >= 0.6 is 0 Å². The molecule has 0 unspecified atom stereocenters. The van der Waals surface area contributed by atoms with Crippen LogP contribution in [0.15, 0.2) is 48.5 Å². The summed E-state index contributed by atoms with van der Waals surface area (Å²) in [5.41, 5.74) is 3.75. The Kier molecular flexibility index (Phi) is 9.08. The van der Waals surface area contributed by atoms with E-state index in [2.05, 4.69) is 0 Å². The number of benzene rings is 4. The Hall–Kier alpha value is -5.46.